The van der Waals surface area contributed by atoms with Gasteiger partial charge in [-0.1, -0.05) is 62.7 Å². The lowest BCUT2D eigenvalue weighted by molar-refractivity contribution is -0.139. The molecule has 1 saturated heterocycles. The summed E-state index contributed by atoms with van der Waals surface area (Å²) in [6.07, 6.45) is 0.919. The number of carbonyl (C=O) groups is 3. The van der Waals surface area contributed by atoms with Crippen molar-refractivity contribution in [3.8, 4) is 0 Å². The van der Waals surface area contributed by atoms with E-state index < -0.39 is 6.04 Å². The Kier molecular flexibility index (Phi) is 6.61. The molecule has 0 saturated carbocycles. The molecule has 0 spiro atoms. The molecule has 158 valence electrons. The molecule has 1 atom stereocenters. The summed E-state index contributed by atoms with van der Waals surface area (Å²) in [4.78, 5) is 41.8. The number of benzene rings is 2. The van der Waals surface area contributed by atoms with E-state index in [1.54, 1.807) is 29.2 Å². The highest BCUT2D eigenvalue weighted by atomic mass is 35.5. The first-order chi connectivity index (χ1) is 14.2. The lowest BCUT2D eigenvalue weighted by Crippen LogP contribution is -2.47. The van der Waals surface area contributed by atoms with E-state index in [4.69, 9.17) is 11.6 Å². The zero-order valence-electron chi connectivity index (χ0n) is 17.6. The SMILES string of the molecule is CC(C)(C)CC(=O)N(CCc1ccccc1)C1CC(=O)N(c2ccc(Cl)cc2)C1=O. The van der Waals surface area contributed by atoms with Crippen LogP contribution >= 0.6 is 11.6 Å². The number of amides is 3. The van der Waals surface area contributed by atoms with Gasteiger partial charge < -0.3 is 4.90 Å². The number of hydrogen-bond donors (Lipinski definition) is 0. The van der Waals surface area contributed by atoms with Crippen LogP contribution in [0, 0.1) is 5.41 Å². The second-order valence-electron chi connectivity index (χ2n) is 8.82. The fourth-order valence-electron chi connectivity index (χ4n) is 3.62. The summed E-state index contributed by atoms with van der Waals surface area (Å²) in [5.41, 5.74) is 1.34. The maximum atomic E-state index is 13.2. The molecule has 2 aromatic carbocycles. The monoisotopic (exact) mass is 426 g/mol. The van der Waals surface area contributed by atoms with Crippen LogP contribution in [0.1, 0.15) is 39.2 Å². The van der Waals surface area contributed by atoms with Crippen LogP contribution in [0.25, 0.3) is 0 Å². The van der Waals surface area contributed by atoms with E-state index in [0.29, 0.717) is 30.1 Å². The third-order valence-corrected chi connectivity index (χ3v) is 5.32. The van der Waals surface area contributed by atoms with Gasteiger partial charge in [-0.05, 0) is 41.7 Å². The van der Waals surface area contributed by atoms with Crippen molar-refractivity contribution in [2.45, 2.75) is 46.1 Å². The summed E-state index contributed by atoms with van der Waals surface area (Å²) in [7, 11) is 0. The molecule has 1 unspecified atom stereocenters. The number of carbonyl (C=O) groups excluding carboxylic acids is 3. The van der Waals surface area contributed by atoms with E-state index in [2.05, 4.69) is 0 Å². The molecule has 0 radical (unpaired) electrons. The van der Waals surface area contributed by atoms with E-state index in [1.807, 2.05) is 51.1 Å². The van der Waals surface area contributed by atoms with Crippen molar-refractivity contribution in [1.82, 2.24) is 4.90 Å². The van der Waals surface area contributed by atoms with Gasteiger partial charge in [-0.3, -0.25) is 14.4 Å². The van der Waals surface area contributed by atoms with Crippen molar-refractivity contribution in [2.24, 2.45) is 5.41 Å². The normalized spacial score (nSPS) is 16.8. The van der Waals surface area contributed by atoms with Gasteiger partial charge in [-0.15, -0.1) is 0 Å². The molecular weight excluding hydrogens is 400 g/mol. The minimum absolute atomic E-state index is 0.00781. The van der Waals surface area contributed by atoms with Gasteiger partial charge >= 0.3 is 0 Å². The fourth-order valence-corrected chi connectivity index (χ4v) is 3.75. The standard InChI is InChI=1S/C24H27ClN2O3/c1-24(2,3)16-22(29)26(14-13-17-7-5-4-6-8-17)20-15-21(28)27(23(20)30)19-11-9-18(25)10-12-19/h4-12,20H,13-16H2,1-3H3. The van der Waals surface area contributed by atoms with Crippen LogP contribution in [0.4, 0.5) is 5.69 Å². The lowest BCUT2D eigenvalue weighted by atomic mass is 9.91. The van der Waals surface area contributed by atoms with Crippen molar-refractivity contribution in [3.63, 3.8) is 0 Å². The van der Waals surface area contributed by atoms with Crippen LogP contribution < -0.4 is 4.90 Å². The second-order valence-corrected chi connectivity index (χ2v) is 9.26. The van der Waals surface area contributed by atoms with Gasteiger partial charge in [0.05, 0.1) is 12.1 Å². The van der Waals surface area contributed by atoms with E-state index in [9.17, 15) is 14.4 Å². The number of anilines is 1. The van der Waals surface area contributed by atoms with Gasteiger partial charge in [-0.25, -0.2) is 4.90 Å². The van der Waals surface area contributed by atoms with Gasteiger partial charge in [0, 0.05) is 18.0 Å². The molecule has 0 aromatic heterocycles. The van der Waals surface area contributed by atoms with E-state index in [-0.39, 0.29) is 29.6 Å². The third-order valence-electron chi connectivity index (χ3n) is 5.07. The molecule has 3 amide bonds. The average molecular weight is 427 g/mol. The van der Waals surface area contributed by atoms with Crippen LogP contribution in [0.3, 0.4) is 0 Å². The summed E-state index contributed by atoms with van der Waals surface area (Å²) in [6, 6.07) is 15.6. The topological polar surface area (TPSA) is 57.7 Å². The Morgan fingerprint density at radius 1 is 1.07 bits per heavy atom. The third kappa shape index (κ3) is 5.28. The average Bonchev–Trinajstić information content (AvgIpc) is 2.96. The Morgan fingerprint density at radius 3 is 2.30 bits per heavy atom. The zero-order valence-corrected chi connectivity index (χ0v) is 18.4. The van der Waals surface area contributed by atoms with E-state index >= 15 is 0 Å². The summed E-state index contributed by atoms with van der Waals surface area (Å²) >= 11 is 5.93. The molecule has 0 aliphatic carbocycles. The highest BCUT2D eigenvalue weighted by molar-refractivity contribution is 6.30. The maximum absolute atomic E-state index is 13.2. The molecule has 30 heavy (non-hydrogen) atoms. The number of rotatable bonds is 6. The molecule has 3 rings (SSSR count). The highest BCUT2D eigenvalue weighted by Gasteiger charge is 2.44. The predicted octanol–water partition coefficient (Wildman–Crippen LogP) is 4.48. The molecule has 6 heteroatoms. The largest absolute Gasteiger partial charge is 0.330 e. The molecule has 2 aromatic rings. The predicted molar refractivity (Wildman–Crippen MR) is 118 cm³/mol. The molecule has 5 nitrogen and oxygen atoms in total. The second kappa shape index (κ2) is 9.00. The van der Waals surface area contributed by atoms with Crippen molar-refractivity contribution in [3.05, 3.63) is 65.2 Å². The Balaban J connectivity index is 1.84. The summed E-state index contributed by atoms with van der Waals surface area (Å²) in [5, 5.41) is 0.527. The van der Waals surface area contributed by atoms with Crippen LogP contribution in [-0.2, 0) is 20.8 Å². The van der Waals surface area contributed by atoms with Crippen LogP contribution in [0.15, 0.2) is 54.6 Å². The van der Waals surface area contributed by atoms with Gasteiger partial charge in [0.1, 0.15) is 6.04 Å². The molecule has 0 N–H and O–H groups in total. The fraction of sp³-hybridized carbons (Fsp3) is 0.375. The highest BCUT2D eigenvalue weighted by Crippen LogP contribution is 2.29. The van der Waals surface area contributed by atoms with Gasteiger partial charge in [0.2, 0.25) is 11.8 Å². The molecule has 1 aliphatic heterocycles. The van der Waals surface area contributed by atoms with Crippen LogP contribution in [0.2, 0.25) is 5.02 Å². The number of nitrogens with zero attached hydrogens (tertiary/aromatic N) is 2. The Hall–Kier alpha value is -2.66. The summed E-state index contributed by atoms with van der Waals surface area (Å²) < 4.78 is 0. The first-order valence-corrected chi connectivity index (χ1v) is 10.5. The first-order valence-electron chi connectivity index (χ1n) is 10.1. The van der Waals surface area contributed by atoms with E-state index in [0.717, 1.165) is 5.56 Å². The minimum Gasteiger partial charge on any atom is -0.330 e. The number of hydrogen-bond acceptors (Lipinski definition) is 3. The molecule has 1 heterocycles. The molecule has 1 aliphatic rings. The Morgan fingerprint density at radius 2 is 1.70 bits per heavy atom. The maximum Gasteiger partial charge on any atom is 0.257 e. The number of halogens is 1. The summed E-state index contributed by atoms with van der Waals surface area (Å²) in [5.74, 6) is -0.777. The van der Waals surface area contributed by atoms with Gasteiger partial charge in [-0.2, -0.15) is 0 Å². The van der Waals surface area contributed by atoms with Crippen molar-refractivity contribution < 1.29 is 14.4 Å². The van der Waals surface area contributed by atoms with Crippen LogP contribution in [0.5, 0.6) is 0 Å². The Labute approximate surface area is 182 Å². The molecular formula is C24H27ClN2O3. The number of imide groups is 1. The van der Waals surface area contributed by atoms with Crippen LogP contribution in [-0.4, -0.2) is 35.2 Å². The van der Waals surface area contributed by atoms with Crippen molar-refractivity contribution >= 4 is 35.0 Å². The smallest absolute Gasteiger partial charge is 0.257 e. The van der Waals surface area contributed by atoms with Crippen molar-refractivity contribution in [1.29, 1.82) is 0 Å². The van der Waals surface area contributed by atoms with Gasteiger partial charge in [0.25, 0.3) is 5.91 Å². The molecule has 0 bridgehead atoms. The lowest BCUT2D eigenvalue weighted by Gasteiger charge is -2.30. The quantitative estimate of drug-likeness (QED) is 0.640. The van der Waals surface area contributed by atoms with E-state index in [1.165, 1.54) is 4.90 Å². The van der Waals surface area contributed by atoms with Gasteiger partial charge in [0.15, 0.2) is 0 Å². The van der Waals surface area contributed by atoms with Crippen molar-refractivity contribution in [2.75, 3.05) is 11.4 Å². The Bertz CT molecular complexity index is 920. The molecule has 1 fully saturated rings. The first kappa shape index (κ1) is 22.0. The summed E-state index contributed by atoms with van der Waals surface area (Å²) in [6.45, 7) is 6.35. The minimum atomic E-state index is -0.785. The zero-order chi connectivity index (χ0) is 21.9.